The monoisotopic (exact) mass is 244 g/mol. The number of aliphatic hydroxyl groups is 1. The summed E-state index contributed by atoms with van der Waals surface area (Å²) in [7, 11) is 0. The van der Waals surface area contributed by atoms with Crippen LogP contribution in [0.2, 0.25) is 5.15 Å². The van der Waals surface area contributed by atoms with Gasteiger partial charge >= 0.3 is 0 Å². The van der Waals surface area contributed by atoms with Gasteiger partial charge in [-0.3, -0.25) is 4.79 Å². The smallest absolute Gasteiger partial charge is 0.270 e. The summed E-state index contributed by atoms with van der Waals surface area (Å²) in [5, 5.41) is 11.3. The number of aliphatic hydroxyl groups excluding tert-OH is 1. The minimum atomic E-state index is -0.296. The highest BCUT2D eigenvalue weighted by Gasteiger charge is 2.06. The van der Waals surface area contributed by atoms with Crippen LogP contribution in [-0.2, 0) is 4.74 Å². The SMILES string of the molecule is O=C(NCCOCCO)c1cccc(Cl)n1. The van der Waals surface area contributed by atoms with E-state index in [1.165, 1.54) is 0 Å². The molecule has 0 aliphatic carbocycles. The summed E-state index contributed by atoms with van der Waals surface area (Å²) in [6.45, 7) is 0.967. The lowest BCUT2D eigenvalue weighted by Gasteiger charge is -2.05. The molecule has 1 aromatic heterocycles. The van der Waals surface area contributed by atoms with E-state index in [9.17, 15) is 4.79 Å². The maximum Gasteiger partial charge on any atom is 0.270 e. The number of ether oxygens (including phenoxy) is 1. The fourth-order valence-electron chi connectivity index (χ4n) is 1.03. The number of halogens is 1. The van der Waals surface area contributed by atoms with Gasteiger partial charge in [0.1, 0.15) is 10.8 Å². The molecule has 0 spiro atoms. The summed E-state index contributed by atoms with van der Waals surface area (Å²) in [5.74, 6) is -0.296. The van der Waals surface area contributed by atoms with Crippen LogP contribution in [0.15, 0.2) is 18.2 Å². The highest BCUT2D eigenvalue weighted by Crippen LogP contribution is 2.04. The van der Waals surface area contributed by atoms with Gasteiger partial charge in [-0.25, -0.2) is 4.98 Å². The lowest BCUT2D eigenvalue weighted by atomic mass is 10.3. The van der Waals surface area contributed by atoms with Crippen molar-refractivity contribution in [1.82, 2.24) is 10.3 Å². The van der Waals surface area contributed by atoms with Crippen LogP contribution in [0.5, 0.6) is 0 Å². The first-order chi connectivity index (χ1) is 7.74. The summed E-state index contributed by atoms with van der Waals surface area (Å²) >= 11 is 5.65. The average Bonchev–Trinajstić information content (AvgIpc) is 2.28. The van der Waals surface area contributed by atoms with Crippen LogP contribution in [0.4, 0.5) is 0 Å². The highest BCUT2D eigenvalue weighted by molar-refractivity contribution is 6.29. The van der Waals surface area contributed by atoms with E-state index in [1.807, 2.05) is 0 Å². The van der Waals surface area contributed by atoms with E-state index < -0.39 is 0 Å². The molecule has 88 valence electrons. The summed E-state index contributed by atoms with van der Waals surface area (Å²) in [4.78, 5) is 15.4. The summed E-state index contributed by atoms with van der Waals surface area (Å²) in [6, 6.07) is 4.84. The maximum atomic E-state index is 11.5. The van der Waals surface area contributed by atoms with Gasteiger partial charge in [0.05, 0.1) is 19.8 Å². The Morgan fingerprint density at radius 2 is 2.31 bits per heavy atom. The summed E-state index contributed by atoms with van der Waals surface area (Å²) in [6.07, 6.45) is 0. The second kappa shape index (κ2) is 7.16. The molecule has 0 fully saturated rings. The zero-order valence-corrected chi connectivity index (χ0v) is 9.41. The molecule has 0 saturated heterocycles. The van der Waals surface area contributed by atoms with Crippen molar-refractivity contribution in [2.75, 3.05) is 26.4 Å². The van der Waals surface area contributed by atoms with Crippen LogP contribution < -0.4 is 5.32 Å². The van der Waals surface area contributed by atoms with Crippen molar-refractivity contribution >= 4 is 17.5 Å². The molecule has 2 N–H and O–H groups in total. The van der Waals surface area contributed by atoms with Gasteiger partial charge in [-0.1, -0.05) is 17.7 Å². The Labute approximate surface area is 98.4 Å². The zero-order chi connectivity index (χ0) is 11.8. The first-order valence-corrected chi connectivity index (χ1v) is 5.21. The number of hydrogen-bond acceptors (Lipinski definition) is 4. The van der Waals surface area contributed by atoms with E-state index in [0.717, 1.165) is 0 Å². The lowest BCUT2D eigenvalue weighted by Crippen LogP contribution is -2.28. The zero-order valence-electron chi connectivity index (χ0n) is 8.65. The van der Waals surface area contributed by atoms with E-state index in [0.29, 0.717) is 13.2 Å². The fraction of sp³-hybridized carbons (Fsp3) is 0.400. The van der Waals surface area contributed by atoms with Crippen LogP contribution in [-0.4, -0.2) is 42.4 Å². The van der Waals surface area contributed by atoms with Crippen molar-refractivity contribution in [3.05, 3.63) is 29.0 Å². The normalized spacial score (nSPS) is 10.1. The van der Waals surface area contributed by atoms with Gasteiger partial charge in [-0.05, 0) is 12.1 Å². The maximum absolute atomic E-state index is 11.5. The van der Waals surface area contributed by atoms with Crippen LogP contribution in [0.3, 0.4) is 0 Å². The quantitative estimate of drug-likeness (QED) is 0.564. The van der Waals surface area contributed by atoms with Gasteiger partial charge in [0.2, 0.25) is 0 Å². The molecule has 0 radical (unpaired) electrons. The van der Waals surface area contributed by atoms with E-state index in [4.69, 9.17) is 21.4 Å². The first kappa shape index (κ1) is 12.9. The Hall–Kier alpha value is -1.17. The number of hydrogen-bond donors (Lipinski definition) is 2. The largest absolute Gasteiger partial charge is 0.394 e. The molecule has 0 atom stereocenters. The van der Waals surface area contributed by atoms with Gasteiger partial charge in [-0.2, -0.15) is 0 Å². The number of aromatic nitrogens is 1. The van der Waals surface area contributed by atoms with Crippen molar-refractivity contribution in [1.29, 1.82) is 0 Å². The highest BCUT2D eigenvalue weighted by atomic mass is 35.5. The number of rotatable bonds is 6. The molecule has 1 amide bonds. The van der Waals surface area contributed by atoms with Gasteiger partial charge in [0.25, 0.3) is 5.91 Å². The molecule has 0 aliphatic heterocycles. The van der Waals surface area contributed by atoms with E-state index >= 15 is 0 Å². The average molecular weight is 245 g/mol. The van der Waals surface area contributed by atoms with Gasteiger partial charge < -0.3 is 15.2 Å². The fourth-order valence-corrected chi connectivity index (χ4v) is 1.19. The Bertz CT molecular complexity index is 347. The standard InChI is InChI=1S/C10H13ClN2O3/c11-9-3-1-2-8(13-9)10(15)12-4-6-16-7-5-14/h1-3,14H,4-7H2,(H,12,15). The molecule has 1 heterocycles. The predicted octanol–water partition coefficient (Wildman–Crippen LogP) is 0.474. The number of nitrogens with zero attached hydrogens (tertiary/aromatic N) is 1. The van der Waals surface area contributed by atoms with Gasteiger partial charge in [0, 0.05) is 6.54 Å². The lowest BCUT2D eigenvalue weighted by molar-refractivity contribution is 0.0835. The number of pyridine rings is 1. The molecule has 16 heavy (non-hydrogen) atoms. The van der Waals surface area contributed by atoms with Crippen molar-refractivity contribution in [2.24, 2.45) is 0 Å². The first-order valence-electron chi connectivity index (χ1n) is 4.83. The number of carbonyl (C=O) groups excluding carboxylic acids is 1. The molecule has 1 rings (SSSR count). The molecule has 0 bridgehead atoms. The second-order valence-electron chi connectivity index (χ2n) is 2.94. The van der Waals surface area contributed by atoms with Crippen LogP contribution in [0, 0.1) is 0 Å². The minimum Gasteiger partial charge on any atom is -0.394 e. The molecule has 0 saturated carbocycles. The molecular weight excluding hydrogens is 232 g/mol. The molecule has 6 heteroatoms. The van der Waals surface area contributed by atoms with E-state index in [2.05, 4.69) is 10.3 Å². The molecular formula is C10H13ClN2O3. The topological polar surface area (TPSA) is 71.5 Å². The molecule has 1 aromatic rings. The van der Waals surface area contributed by atoms with Crippen molar-refractivity contribution in [3.8, 4) is 0 Å². The van der Waals surface area contributed by atoms with Crippen LogP contribution in [0.1, 0.15) is 10.5 Å². The third kappa shape index (κ3) is 4.57. The predicted molar refractivity (Wildman–Crippen MR) is 59.5 cm³/mol. The Morgan fingerprint density at radius 3 is 3.00 bits per heavy atom. The molecule has 0 aliphatic rings. The van der Waals surface area contributed by atoms with E-state index in [1.54, 1.807) is 18.2 Å². The van der Waals surface area contributed by atoms with Gasteiger partial charge in [-0.15, -0.1) is 0 Å². The number of carbonyl (C=O) groups is 1. The summed E-state index contributed by atoms with van der Waals surface area (Å²) < 4.78 is 4.98. The third-order valence-corrected chi connectivity index (χ3v) is 1.93. The Morgan fingerprint density at radius 1 is 1.50 bits per heavy atom. The van der Waals surface area contributed by atoms with Crippen LogP contribution in [0.25, 0.3) is 0 Å². The Kier molecular flexibility index (Phi) is 5.77. The van der Waals surface area contributed by atoms with E-state index in [-0.39, 0.29) is 30.0 Å². The van der Waals surface area contributed by atoms with Crippen LogP contribution >= 0.6 is 11.6 Å². The minimum absolute atomic E-state index is 0.0240. The van der Waals surface area contributed by atoms with Crippen molar-refractivity contribution in [2.45, 2.75) is 0 Å². The second-order valence-corrected chi connectivity index (χ2v) is 3.32. The Balaban J connectivity index is 2.30. The molecule has 5 nitrogen and oxygen atoms in total. The van der Waals surface area contributed by atoms with Gasteiger partial charge in [0.15, 0.2) is 0 Å². The number of nitrogens with one attached hydrogen (secondary N) is 1. The third-order valence-electron chi connectivity index (χ3n) is 1.72. The molecule has 0 unspecified atom stereocenters. The molecule has 0 aromatic carbocycles. The summed E-state index contributed by atoms with van der Waals surface area (Å²) in [5.41, 5.74) is 0.273. The van der Waals surface area contributed by atoms with Crippen molar-refractivity contribution < 1.29 is 14.6 Å². The number of amides is 1. The van der Waals surface area contributed by atoms with Crippen molar-refractivity contribution in [3.63, 3.8) is 0 Å².